The van der Waals surface area contributed by atoms with E-state index >= 15 is 0 Å². The molecule has 3 rings (SSSR count). The zero-order valence-electron chi connectivity index (χ0n) is 14.6. The molecule has 2 fully saturated rings. The van der Waals surface area contributed by atoms with Gasteiger partial charge in [-0.05, 0) is 51.4 Å². The summed E-state index contributed by atoms with van der Waals surface area (Å²) < 4.78 is 7.72. The zero-order valence-corrected chi connectivity index (χ0v) is 14.6. The van der Waals surface area contributed by atoms with E-state index in [2.05, 4.69) is 34.9 Å². The van der Waals surface area contributed by atoms with Crippen molar-refractivity contribution >= 4 is 0 Å². The predicted octanol–water partition coefficient (Wildman–Crippen LogP) is 3.76. The first kappa shape index (κ1) is 16.7. The van der Waals surface area contributed by atoms with Crippen LogP contribution < -0.4 is 5.32 Å². The Kier molecular flexibility index (Phi) is 5.90. The Morgan fingerprint density at radius 1 is 1.26 bits per heavy atom. The van der Waals surface area contributed by atoms with Crippen molar-refractivity contribution < 1.29 is 4.74 Å². The van der Waals surface area contributed by atoms with E-state index in [0.717, 1.165) is 31.9 Å². The molecule has 1 aliphatic heterocycles. The molecule has 0 amide bonds. The van der Waals surface area contributed by atoms with Crippen LogP contribution in [0.4, 0.5) is 0 Å². The SMILES string of the molecule is CC(C=C1CCCCC1)NC(c1nccn1C)C1CCOCC1. The first-order valence-electron chi connectivity index (χ1n) is 9.24. The number of ether oxygens (including phenoxy) is 1. The first-order valence-corrected chi connectivity index (χ1v) is 9.24. The predicted molar refractivity (Wildman–Crippen MR) is 93.3 cm³/mol. The van der Waals surface area contributed by atoms with Crippen LogP contribution in [0.25, 0.3) is 0 Å². The number of imidazole rings is 1. The van der Waals surface area contributed by atoms with Gasteiger partial charge < -0.3 is 14.6 Å². The van der Waals surface area contributed by atoms with Gasteiger partial charge in [-0.25, -0.2) is 4.98 Å². The topological polar surface area (TPSA) is 39.1 Å². The molecule has 2 heterocycles. The van der Waals surface area contributed by atoms with Crippen molar-refractivity contribution in [2.45, 2.75) is 64.0 Å². The molecule has 1 aromatic rings. The van der Waals surface area contributed by atoms with Gasteiger partial charge in [-0.15, -0.1) is 0 Å². The van der Waals surface area contributed by atoms with Gasteiger partial charge in [0.2, 0.25) is 0 Å². The highest BCUT2D eigenvalue weighted by atomic mass is 16.5. The van der Waals surface area contributed by atoms with E-state index in [1.54, 1.807) is 5.57 Å². The first-order chi connectivity index (χ1) is 11.2. The van der Waals surface area contributed by atoms with E-state index in [1.807, 2.05) is 12.4 Å². The van der Waals surface area contributed by atoms with Crippen LogP contribution >= 0.6 is 0 Å². The minimum absolute atomic E-state index is 0.314. The average Bonchev–Trinajstić information content (AvgIpc) is 3.00. The molecule has 4 nitrogen and oxygen atoms in total. The van der Waals surface area contributed by atoms with Crippen molar-refractivity contribution in [2.24, 2.45) is 13.0 Å². The van der Waals surface area contributed by atoms with Crippen LogP contribution in [0.1, 0.15) is 63.7 Å². The van der Waals surface area contributed by atoms with Crippen molar-refractivity contribution in [3.05, 3.63) is 29.9 Å². The molecular formula is C19H31N3O. The van der Waals surface area contributed by atoms with Gasteiger partial charge in [-0.3, -0.25) is 0 Å². The Balaban J connectivity index is 1.71. The summed E-state index contributed by atoms with van der Waals surface area (Å²) in [6.45, 7) is 4.04. The largest absolute Gasteiger partial charge is 0.381 e. The van der Waals surface area contributed by atoms with Crippen molar-refractivity contribution in [1.82, 2.24) is 14.9 Å². The summed E-state index contributed by atoms with van der Waals surface area (Å²) in [5.41, 5.74) is 1.64. The van der Waals surface area contributed by atoms with Gasteiger partial charge >= 0.3 is 0 Å². The molecule has 1 saturated heterocycles. The third-order valence-electron chi connectivity index (χ3n) is 5.30. The van der Waals surface area contributed by atoms with Gasteiger partial charge in [-0.2, -0.15) is 0 Å². The Morgan fingerprint density at radius 3 is 2.65 bits per heavy atom. The maximum absolute atomic E-state index is 5.56. The second-order valence-corrected chi connectivity index (χ2v) is 7.16. The van der Waals surface area contributed by atoms with Crippen LogP contribution in [-0.2, 0) is 11.8 Å². The number of hydrogen-bond donors (Lipinski definition) is 1. The van der Waals surface area contributed by atoms with E-state index in [1.165, 1.54) is 32.1 Å². The lowest BCUT2D eigenvalue weighted by atomic mass is 9.89. The van der Waals surface area contributed by atoms with Crippen molar-refractivity contribution in [2.75, 3.05) is 13.2 Å². The monoisotopic (exact) mass is 317 g/mol. The highest BCUT2D eigenvalue weighted by Crippen LogP contribution is 2.30. The van der Waals surface area contributed by atoms with Crippen molar-refractivity contribution in [3.63, 3.8) is 0 Å². The number of nitrogens with zero attached hydrogens (tertiary/aromatic N) is 2. The molecule has 23 heavy (non-hydrogen) atoms. The molecule has 1 N–H and O–H groups in total. The second-order valence-electron chi connectivity index (χ2n) is 7.16. The fourth-order valence-corrected chi connectivity index (χ4v) is 4.00. The minimum atomic E-state index is 0.314. The molecule has 2 atom stereocenters. The molecule has 1 aliphatic carbocycles. The van der Waals surface area contributed by atoms with Crippen molar-refractivity contribution in [1.29, 1.82) is 0 Å². The summed E-state index contributed by atoms with van der Waals surface area (Å²) in [6.07, 6.45) is 15.4. The van der Waals surface area contributed by atoms with Crippen LogP contribution in [0.15, 0.2) is 24.0 Å². The van der Waals surface area contributed by atoms with Gasteiger partial charge in [0.25, 0.3) is 0 Å². The highest BCUT2D eigenvalue weighted by molar-refractivity contribution is 5.10. The van der Waals surface area contributed by atoms with E-state index in [9.17, 15) is 0 Å². The standard InChI is InChI=1S/C19H31N3O/c1-15(14-16-6-4-3-5-7-16)21-18(17-8-12-23-13-9-17)19-20-10-11-22(19)2/h10-11,14-15,17-18,21H,3-9,12-13H2,1-2H3. The lowest BCUT2D eigenvalue weighted by Crippen LogP contribution is -2.38. The van der Waals surface area contributed by atoms with Crippen LogP contribution in [0.3, 0.4) is 0 Å². The molecular weight excluding hydrogens is 286 g/mol. The third-order valence-corrected chi connectivity index (χ3v) is 5.30. The average molecular weight is 317 g/mol. The number of nitrogens with one attached hydrogen (secondary N) is 1. The lowest BCUT2D eigenvalue weighted by molar-refractivity contribution is 0.0513. The van der Waals surface area contributed by atoms with E-state index in [-0.39, 0.29) is 0 Å². The molecule has 0 spiro atoms. The van der Waals surface area contributed by atoms with Gasteiger partial charge in [0, 0.05) is 38.7 Å². The number of hydrogen-bond acceptors (Lipinski definition) is 3. The molecule has 2 unspecified atom stereocenters. The fraction of sp³-hybridized carbons (Fsp3) is 0.737. The van der Waals surface area contributed by atoms with Gasteiger partial charge in [0.05, 0.1) is 6.04 Å². The quantitative estimate of drug-likeness (QED) is 0.841. The molecule has 2 aliphatic rings. The molecule has 0 bridgehead atoms. The highest BCUT2D eigenvalue weighted by Gasteiger charge is 2.28. The third kappa shape index (κ3) is 4.45. The normalized spacial score (nSPS) is 22.8. The number of allylic oxidation sites excluding steroid dienone is 1. The van der Waals surface area contributed by atoms with E-state index in [0.29, 0.717) is 18.0 Å². The summed E-state index contributed by atoms with van der Waals surface area (Å²) in [6, 6.07) is 0.710. The molecule has 0 radical (unpaired) electrons. The maximum Gasteiger partial charge on any atom is 0.125 e. The lowest BCUT2D eigenvalue weighted by Gasteiger charge is -2.32. The molecule has 1 aromatic heterocycles. The minimum Gasteiger partial charge on any atom is -0.381 e. The number of rotatable bonds is 5. The summed E-state index contributed by atoms with van der Waals surface area (Å²) >= 11 is 0. The molecule has 1 saturated carbocycles. The fourth-order valence-electron chi connectivity index (χ4n) is 4.00. The smallest absolute Gasteiger partial charge is 0.125 e. The summed E-state index contributed by atoms with van der Waals surface area (Å²) in [5.74, 6) is 1.77. The van der Waals surface area contributed by atoms with Gasteiger partial charge in [0.1, 0.15) is 5.82 Å². The second kappa shape index (κ2) is 8.11. The van der Waals surface area contributed by atoms with Crippen LogP contribution in [-0.4, -0.2) is 28.8 Å². The molecule has 128 valence electrons. The van der Waals surface area contributed by atoms with Crippen molar-refractivity contribution in [3.8, 4) is 0 Å². The van der Waals surface area contributed by atoms with E-state index < -0.39 is 0 Å². The number of aromatic nitrogens is 2. The maximum atomic E-state index is 5.56. The Labute approximate surface area is 140 Å². The Bertz CT molecular complexity index is 508. The van der Waals surface area contributed by atoms with Gasteiger partial charge in [0.15, 0.2) is 0 Å². The Hall–Kier alpha value is -1.13. The summed E-state index contributed by atoms with van der Waals surface area (Å²) in [5, 5.41) is 3.86. The zero-order chi connectivity index (χ0) is 16.1. The van der Waals surface area contributed by atoms with Crippen LogP contribution in [0.2, 0.25) is 0 Å². The summed E-state index contributed by atoms with van der Waals surface area (Å²) in [7, 11) is 2.10. The van der Waals surface area contributed by atoms with Crippen LogP contribution in [0, 0.1) is 5.92 Å². The number of aryl methyl sites for hydroxylation is 1. The van der Waals surface area contributed by atoms with Crippen LogP contribution in [0.5, 0.6) is 0 Å². The van der Waals surface area contributed by atoms with E-state index in [4.69, 9.17) is 4.74 Å². The Morgan fingerprint density at radius 2 is 2.00 bits per heavy atom. The van der Waals surface area contributed by atoms with Gasteiger partial charge in [-0.1, -0.05) is 18.1 Å². The molecule has 4 heteroatoms. The molecule has 0 aromatic carbocycles. The summed E-state index contributed by atoms with van der Waals surface area (Å²) in [4.78, 5) is 4.63.